The number of hydrogen-bond acceptors (Lipinski definition) is 3. The average Bonchev–Trinajstić information content (AvgIpc) is 2.31. The van der Waals surface area contributed by atoms with E-state index in [1.807, 2.05) is 25.1 Å². The van der Waals surface area contributed by atoms with E-state index >= 15 is 0 Å². The van der Waals surface area contributed by atoms with Crippen molar-refractivity contribution in [2.45, 2.75) is 19.9 Å². The Kier molecular flexibility index (Phi) is 4.97. The van der Waals surface area contributed by atoms with Gasteiger partial charge in [0.05, 0.1) is 13.0 Å². The number of benzene rings is 1. The van der Waals surface area contributed by atoms with Crippen LogP contribution in [-0.4, -0.2) is 31.5 Å². The first-order valence-electron chi connectivity index (χ1n) is 5.67. The van der Waals surface area contributed by atoms with E-state index < -0.39 is 0 Å². The molecule has 4 heteroatoms. The van der Waals surface area contributed by atoms with Crippen LogP contribution in [0.25, 0.3) is 0 Å². The van der Waals surface area contributed by atoms with Crippen LogP contribution in [0, 0.1) is 6.92 Å². The molecule has 1 aromatic carbocycles. The molecule has 0 spiro atoms. The van der Waals surface area contributed by atoms with E-state index in [1.54, 1.807) is 19.0 Å². The van der Waals surface area contributed by atoms with Crippen molar-refractivity contribution >= 4 is 5.91 Å². The molecule has 0 aromatic heterocycles. The van der Waals surface area contributed by atoms with Crippen LogP contribution in [0.2, 0.25) is 0 Å². The third kappa shape index (κ3) is 4.07. The van der Waals surface area contributed by atoms with Crippen molar-refractivity contribution < 1.29 is 9.53 Å². The first-order chi connectivity index (χ1) is 8.04. The Hall–Kier alpha value is -1.55. The molecular weight excluding hydrogens is 216 g/mol. The standard InChI is InChI=1S/C13H20N2O2/c1-10-4-5-11(9-14)8-12(10)17-7-6-13(16)15(2)3/h4-5,8H,6-7,9,14H2,1-3H3. The minimum atomic E-state index is 0.0673. The number of hydrogen-bond donors (Lipinski definition) is 1. The molecule has 0 aliphatic carbocycles. The Morgan fingerprint density at radius 2 is 2.12 bits per heavy atom. The Bertz CT molecular complexity index is 389. The van der Waals surface area contributed by atoms with Gasteiger partial charge in [-0.25, -0.2) is 0 Å². The summed E-state index contributed by atoms with van der Waals surface area (Å²) in [5.41, 5.74) is 7.66. The molecule has 0 radical (unpaired) electrons. The monoisotopic (exact) mass is 236 g/mol. The molecule has 94 valence electrons. The lowest BCUT2D eigenvalue weighted by atomic mass is 10.1. The second kappa shape index (κ2) is 6.25. The van der Waals surface area contributed by atoms with Crippen molar-refractivity contribution in [3.05, 3.63) is 29.3 Å². The summed E-state index contributed by atoms with van der Waals surface area (Å²) in [7, 11) is 3.48. The fraction of sp³-hybridized carbons (Fsp3) is 0.462. The SMILES string of the molecule is Cc1ccc(CN)cc1OCCC(=O)N(C)C. The van der Waals surface area contributed by atoms with E-state index in [-0.39, 0.29) is 5.91 Å². The lowest BCUT2D eigenvalue weighted by molar-refractivity contribution is -0.129. The second-order valence-electron chi connectivity index (χ2n) is 4.19. The molecule has 17 heavy (non-hydrogen) atoms. The van der Waals surface area contributed by atoms with Crippen molar-refractivity contribution in [2.24, 2.45) is 5.73 Å². The summed E-state index contributed by atoms with van der Waals surface area (Å²) in [6, 6.07) is 5.88. The smallest absolute Gasteiger partial charge is 0.225 e. The quantitative estimate of drug-likeness (QED) is 0.838. The van der Waals surface area contributed by atoms with Crippen LogP contribution >= 0.6 is 0 Å². The van der Waals surface area contributed by atoms with Gasteiger partial charge in [-0.15, -0.1) is 0 Å². The fourth-order valence-corrected chi connectivity index (χ4v) is 1.40. The summed E-state index contributed by atoms with van der Waals surface area (Å²) >= 11 is 0. The van der Waals surface area contributed by atoms with Crippen molar-refractivity contribution in [1.82, 2.24) is 4.90 Å². The average molecular weight is 236 g/mol. The van der Waals surface area contributed by atoms with Crippen molar-refractivity contribution in [3.63, 3.8) is 0 Å². The first-order valence-corrected chi connectivity index (χ1v) is 5.67. The van der Waals surface area contributed by atoms with E-state index in [0.29, 0.717) is 19.6 Å². The van der Waals surface area contributed by atoms with E-state index in [1.165, 1.54) is 0 Å². The first kappa shape index (κ1) is 13.5. The van der Waals surface area contributed by atoms with Gasteiger partial charge in [0.15, 0.2) is 0 Å². The fourth-order valence-electron chi connectivity index (χ4n) is 1.40. The van der Waals surface area contributed by atoms with E-state index in [2.05, 4.69) is 0 Å². The number of carbonyl (C=O) groups is 1. The Morgan fingerprint density at radius 3 is 2.71 bits per heavy atom. The Morgan fingerprint density at radius 1 is 1.41 bits per heavy atom. The number of rotatable bonds is 5. The lowest BCUT2D eigenvalue weighted by Crippen LogP contribution is -2.23. The van der Waals surface area contributed by atoms with Crippen LogP contribution in [0.1, 0.15) is 17.5 Å². The molecule has 0 bridgehead atoms. The molecule has 1 aromatic rings. The largest absolute Gasteiger partial charge is 0.493 e. The lowest BCUT2D eigenvalue weighted by Gasteiger charge is -2.12. The van der Waals surface area contributed by atoms with Crippen LogP contribution in [-0.2, 0) is 11.3 Å². The van der Waals surface area contributed by atoms with Gasteiger partial charge in [0.2, 0.25) is 5.91 Å². The molecule has 2 N–H and O–H groups in total. The number of ether oxygens (including phenoxy) is 1. The summed E-state index contributed by atoms with van der Waals surface area (Å²) in [5, 5.41) is 0. The zero-order chi connectivity index (χ0) is 12.8. The number of aryl methyl sites for hydroxylation is 1. The topological polar surface area (TPSA) is 55.6 Å². The molecule has 0 heterocycles. The summed E-state index contributed by atoms with van der Waals surface area (Å²) < 4.78 is 5.60. The van der Waals surface area contributed by atoms with Gasteiger partial charge in [-0.3, -0.25) is 4.79 Å². The number of amides is 1. The zero-order valence-electron chi connectivity index (χ0n) is 10.7. The molecule has 0 unspecified atom stereocenters. The summed E-state index contributed by atoms with van der Waals surface area (Å²) in [6.45, 7) is 2.86. The normalized spacial score (nSPS) is 10.1. The second-order valence-corrected chi connectivity index (χ2v) is 4.19. The maximum Gasteiger partial charge on any atom is 0.225 e. The summed E-state index contributed by atoms with van der Waals surface area (Å²) in [6.07, 6.45) is 0.388. The maximum absolute atomic E-state index is 11.4. The Labute approximate surface area is 102 Å². The maximum atomic E-state index is 11.4. The molecule has 1 rings (SSSR count). The van der Waals surface area contributed by atoms with Gasteiger partial charge in [-0.05, 0) is 24.1 Å². The summed E-state index contributed by atoms with van der Waals surface area (Å²) in [5.74, 6) is 0.872. The van der Waals surface area contributed by atoms with Crippen molar-refractivity contribution in [3.8, 4) is 5.75 Å². The summed E-state index contributed by atoms with van der Waals surface area (Å²) in [4.78, 5) is 12.9. The van der Waals surface area contributed by atoms with Crippen LogP contribution in [0.15, 0.2) is 18.2 Å². The molecule has 0 atom stereocenters. The molecule has 0 saturated carbocycles. The number of nitrogens with two attached hydrogens (primary N) is 1. The van der Waals surface area contributed by atoms with Gasteiger partial charge in [0, 0.05) is 20.6 Å². The van der Waals surface area contributed by atoms with Gasteiger partial charge >= 0.3 is 0 Å². The van der Waals surface area contributed by atoms with Crippen LogP contribution in [0.4, 0.5) is 0 Å². The van der Waals surface area contributed by atoms with Crippen LogP contribution in [0.5, 0.6) is 5.75 Å². The van der Waals surface area contributed by atoms with Gasteiger partial charge in [0.1, 0.15) is 5.75 Å². The molecule has 0 saturated heterocycles. The molecule has 4 nitrogen and oxygen atoms in total. The number of nitrogens with zero attached hydrogens (tertiary/aromatic N) is 1. The van der Waals surface area contributed by atoms with Crippen molar-refractivity contribution in [1.29, 1.82) is 0 Å². The van der Waals surface area contributed by atoms with Gasteiger partial charge < -0.3 is 15.4 Å². The van der Waals surface area contributed by atoms with Gasteiger partial charge in [-0.1, -0.05) is 12.1 Å². The minimum Gasteiger partial charge on any atom is -0.493 e. The third-order valence-corrected chi connectivity index (χ3v) is 2.56. The van der Waals surface area contributed by atoms with Crippen LogP contribution in [0.3, 0.4) is 0 Å². The van der Waals surface area contributed by atoms with Crippen LogP contribution < -0.4 is 10.5 Å². The Balaban J connectivity index is 2.54. The van der Waals surface area contributed by atoms with E-state index in [4.69, 9.17) is 10.5 Å². The number of carbonyl (C=O) groups excluding carboxylic acids is 1. The predicted molar refractivity (Wildman–Crippen MR) is 67.9 cm³/mol. The van der Waals surface area contributed by atoms with E-state index in [9.17, 15) is 4.79 Å². The predicted octanol–water partition coefficient (Wildman–Crippen LogP) is 1.31. The highest BCUT2D eigenvalue weighted by Gasteiger charge is 2.05. The molecular formula is C13H20N2O2. The van der Waals surface area contributed by atoms with Gasteiger partial charge in [-0.2, -0.15) is 0 Å². The molecule has 0 aliphatic rings. The molecule has 0 aliphatic heterocycles. The molecule has 0 fully saturated rings. The third-order valence-electron chi connectivity index (χ3n) is 2.56. The van der Waals surface area contributed by atoms with E-state index in [0.717, 1.165) is 16.9 Å². The minimum absolute atomic E-state index is 0.0673. The van der Waals surface area contributed by atoms with Gasteiger partial charge in [0.25, 0.3) is 0 Å². The highest BCUT2D eigenvalue weighted by Crippen LogP contribution is 2.19. The highest BCUT2D eigenvalue weighted by molar-refractivity contribution is 5.75. The highest BCUT2D eigenvalue weighted by atomic mass is 16.5. The zero-order valence-corrected chi connectivity index (χ0v) is 10.7. The van der Waals surface area contributed by atoms with Crippen molar-refractivity contribution in [2.75, 3.05) is 20.7 Å². The molecule has 1 amide bonds.